The Morgan fingerprint density at radius 3 is 2.36 bits per heavy atom. The summed E-state index contributed by atoms with van der Waals surface area (Å²) in [4.78, 5) is 4.31. The third-order valence-electron chi connectivity index (χ3n) is 3.48. The molecule has 0 bridgehead atoms. The summed E-state index contributed by atoms with van der Waals surface area (Å²) >= 11 is 0. The number of aliphatic imine (C=N–C) groups is 1. The number of hydrogen-bond donors (Lipinski definition) is 2. The first-order valence-corrected chi connectivity index (χ1v) is 9.35. The lowest BCUT2D eigenvalue weighted by Crippen LogP contribution is -2.51. The molecule has 1 aliphatic rings. The van der Waals surface area contributed by atoms with Crippen LogP contribution in [0.1, 0.15) is 26.7 Å². The summed E-state index contributed by atoms with van der Waals surface area (Å²) in [6, 6.07) is -0.130. The van der Waals surface area contributed by atoms with Gasteiger partial charge in [0.1, 0.15) is 0 Å². The van der Waals surface area contributed by atoms with Crippen molar-refractivity contribution >= 4 is 40.0 Å². The van der Waals surface area contributed by atoms with Gasteiger partial charge in [-0.2, -0.15) is 17.5 Å². The molecule has 12 heteroatoms. The van der Waals surface area contributed by atoms with Crippen LogP contribution in [0.3, 0.4) is 0 Å². The van der Waals surface area contributed by atoms with Crippen molar-refractivity contribution in [1.82, 2.24) is 14.9 Å². The van der Waals surface area contributed by atoms with Crippen LogP contribution in [0.15, 0.2) is 4.99 Å². The third-order valence-corrected chi connectivity index (χ3v) is 5.11. The van der Waals surface area contributed by atoms with Crippen molar-refractivity contribution in [2.75, 3.05) is 39.4 Å². The van der Waals surface area contributed by atoms with E-state index in [9.17, 15) is 21.6 Å². The lowest BCUT2D eigenvalue weighted by atomic mass is 10.1. The Labute approximate surface area is 163 Å². The third kappa shape index (κ3) is 7.83. The number of nitrogens with one attached hydrogen (secondary N) is 2. The Bertz CT molecular complexity index is 509. The summed E-state index contributed by atoms with van der Waals surface area (Å²) in [7, 11) is -5.24. The fraction of sp³-hybridized carbons (Fsp3) is 0.923. The summed E-state index contributed by atoms with van der Waals surface area (Å²) in [5.74, 6) is 0.550. The quantitative estimate of drug-likeness (QED) is 0.239. The van der Waals surface area contributed by atoms with E-state index < -0.39 is 15.5 Å². The number of nitrogens with zero attached hydrogens (tertiary/aromatic N) is 2. The van der Waals surface area contributed by atoms with Crippen LogP contribution in [0.4, 0.5) is 13.2 Å². The minimum Gasteiger partial charge on any atom is -0.380 e. The molecule has 0 amide bonds. The largest absolute Gasteiger partial charge is 0.511 e. The summed E-state index contributed by atoms with van der Waals surface area (Å²) in [5, 5.41) is 6.17. The van der Waals surface area contributed by atoms with Crippen LogP contribution in [0.5, 0.6) is 0 Å². The minimum atomic E-state index is -5.25. The molecule has 1 rings (SSSR count). The van der Waals surface area contributed by atoms with Crippen molar-refractivity contribution in [2.24, 2.45) is 4.99 Å². The molecule has 0 aliphatic carbocycles. The van der Waals surface area contributed by atoms with Crippen LogP contribution < -0.4 is 10.6 Å². The molecule has 0 spiro atoms. The number of rotatable bonds is 7. The van der Waals surface area contributed by atoms with Crippen molar-refractivity contribution < 1.29 is 26.3 Å². The van der Waals surface area contributed by atoms with Gasteiger partial charge in [0.25, 0.3) is 0 Å². The average molecular weight is 502 g/mol. The highest BCUT2D eigenvalue weighted by Gasteiger charge is 2.50. The molecular weight excluding hydrogens is 476 g/mol. The average Bonchev–Trinajstić information content (AvgIpc) is 2.51. The maximum absolute atomic E-state index is 12.5. The molecule has 1 aliphatic heterocycles. The number of sulfonamides is 1. The molecule has 0 aromatic carbocycles. The van der Waals surface area contributed by atoms with Crippen LogP contribution in [0.2, 0.25) is 0 Å². The van der Waals surface area contributed by atoms with E-state index in [-0.39, 0.29) is 55.9 Å². The van der Waals surface area contributed by atoms with E-state index in [0.717, 1.165) is 0 Å². The van der Waals surface area contributed by atoms with Gasteiger partial charge in [-0.3, -0.25) is 4.99 Å². The fourth-order valence-electron chi connectivity index (χ4n) is 2.27. The second-order valence-electron chi connectivity index (χ2n) is 5.23. The molecule has 25 heavy (non-hydrogen) atoms. The van der Waals surface area contributed by atoms with Crippen LogP contribution >= 0.6 is 24.0 Å². The molecule has 1 fully saturated rings. The molecule has 7 nitrogen and oxygen atoms in total. The summed E-state index contributed by atoms with van der Waals surface area (Å²) in [5.41, 5.74) is -5.25. The second-order valence-corrected chi connectivity index (χ2v) is 7.16. The Balaban J connectivity index is 0.00000576. The van der Waals surface area contributed by atoms with Gasteiger partial charge in [0.2, 0.25) is 0 Å². The Hall–Kier alpha value is -0.340. The molecule has 0 aromatic rings. The molecule has 0 atom stereocenters. The Morgan fingerprint density at radius 2 is 1.88 bits per heavy atom. The normalized spacial score (nSPS) is 17.9. The van der Waals surface area contributed by atoms with Crippen LogP contribution in [0.25, 0.3) is 0 Å². The van der Waals surface area contributed by atoms with Crippen molar-refractivity contribution in [1.29, 1.82) is 0 Å². The summed E-state index contributed by atoms with van der Waals surface area (Å²) in [6.07, 6.45) is 0.566. The molecule has 2 N–H and O–H groups in total. The van der Waals surface area contributed by atoms with Gasteiger partial charge < -0.3 is 15.4 Å². The number of halogens is 4. The van der Waals surface area contributed by atoms with Gasteiger partial charge in [0.15, 0.2) is 5.96 Å². The molecular formula is C13H26F3IN4O3S. The van der Waals surface area contributed by atoms with Crippen LogP contribution in [-0.2, 0) is 14.8 Å². The van der Waals surface area contributed by atoms with E-state index in [2.05, 4.69) is 15.6 Å². The van der Waals surface area contributed by atoms with Crippen LogP contribution in [0, 0.1) is 0 Å². The van der Waals surface area contributed by atoms with Gasteiger partial charge >= 0.3 is 15.5 Å². The van der Waals surface area contributed by atoms with E-state index in [1.807, 2.05) is 13.8 Å². The molecule has 1 saturated heterocycles. The first kappa shape index (κ1) is 24.7. The fourth-order valence-corrected chi connectivity index (χ4v) is 3.25. The number of guanidine groups is 1. The molecule has 0 radical (unpaired) electrons. The number of ether oxygens (including phenoxy) is 1. The zero-order valence-corrected chi connectivity index (χ0v) is 17.5. The van der Waals surface area contributed by atoms with E-state index in [0.29, 0.717) is 36.6 Å². The number of piperidine rings is 1. The van der Waals surface area contributed by atoms with Gasteiger partial charge in [-0.25, -0.2) is 8.42 Å². The molecule has 150 valence electrons. The van der Waals surface area contributed by atoms with Gasteiger partial charge in [-0.05, 0) is 26.7 Å². The van der Waals surface area contributed by atoms with Crippen molar-refractivity contribution in [2.45, 2.75) is 38.2 Å². The highest BCUT2D eigenvalue weighted by molar-refractivity contribution is 14.0. The minimum absolute atomic E-state index is 0. The van der Waals surface area contributed by atoms with Gasteiger partial charge in [0, 0.05) is 32.3 Å². The SMILES string of the molecule is CCNC(=NCCOCC)NC1CCN(S(=O)(=O)C(F)(F)F)CC1.I. The molecule has 1 heterocycles. The Morgan fingerprint density at radius 1 is 1.28 bits per heavy atom. The predicted molar refractivity (Wildman–Crippen MR) is 101 cm³/mol. The zero-order valence-electron chi connectivity index (χ0n) is 14.3. The maximum atomic E-state index is 12.5. The van der Waals surface area contributed by atoms with Crippen LogP contribution in [-0.4, -0.2) is 69.6 Å². The first-order chi connectivity index (χ1) is 11.2. The van der Waals surface area contributed by atoms with Gasteiger partial charge in [-0.15, -0.1) is 24.0 Å². The monoisotopic (exact) mass is 502 g/mol. The number of hydrogen-bond acceptors (Lipinski definition) is 4. The standard InChI is InChI=1S/C13H25F3N4O3S.HI/c1-3-17-12(18-7-10-23-4-2)19-11-5-8-20(9-6-11)24(21,22)13(14,15)16;/h11H,3-10H2,1-2H3,(H2,17,18,19);1H. The van der Waals surface area contributed by atoms with E-state index in [4.69, 9.17) is 4.74 Å². The van der Waals surface area contributed by atoms with E-state index >= 15 is 0 Å². The lowest BCUT2D eigenvalue weighted by molar-refractivity contribution is -0.0494. The lowest BCUT2D eigenvalue weighted by Gasteiger charge is -2.32. The van der Waals surface area contributed by atoms with Crippen molar-refractivity contribution in [3.05, 3.63) is 0 Å². The predicted octanol–water partition coefficient (Wildman–Crippen LogP) is 1.51. The van der Waals surface area contributed by atoms with E-state index in [1.165, 1.54) is 0 Å². The summed E-state index contributed by atoms with van der Waals surface area (Å²) < 4.78 is 66.1. The highest BCUT2D eigenvalue weighted by atomic mass is 127. The van der Waals surface area contributed by atoms with Gasteiger partial charge in [-0.1, -0.05) is 0 Å². The highest BCUT2D eigenvalue weighted by Crippen LogP contribution is 2.28. The van der Waals surface area contributed by atoms with Crippen molar-refractivity contribution in [3.63, 3.8) is 0 Å². The number of alkyl halides is 3. The van der Waals surface area contributed by atoms with Gasteiger partial charge in [0.05, 0.1) is 13.2 Å². The summed E-state index contributed by atoms with van der Waals surface area (Å²) in [6.45, 7) is 5.64. The van der Waals surface area contributed by atoms with Crippen molar-refractivity contribution in [3.8, 4) is 0 Å². The second kappa shape index (κ2) is 11.4. The smallest absolute Gasteiger partial charge is 0.380 e. The first-order valence-electron chi connectivity index (χ1n) is 7.91. The molecule has 0 unspecified atom stereocenters. The van der Waals surface area contributed by atoms with E-state index in [1.54, 1.807) is 0 Å². The maximum Gasteiger partial charge on any atom is 0.511 e. The zero-order chi connectivity index (χ0) is 18.2. The topological polar surface area (TPSA) is 83.0 Å². The Kier molecular flexibility index (Phi) is 11.2. The molecule has 0 aromatic heterocycles. The molecule has 0 saturated carbocycles.